The highest BCUT2D eigenvalue weighted by molar-refractivity contribution is 6.17. The van der Waals surface area contributed by atoms with Gasteiger partial charge in [-0.1, -0.05) is 77.6 Å². The lowest BCUT2D eigenvalue weighted by molar-refractivity contribution is -0.150. The van der Waals surface area contributed by atoms with Gasteiger partial charge in [-0.2, -0.15) is 0 Å². The standard InChI is InChI=1S/C22H41ClO4/c1-2-3-4-5-11-14-19-26-21(24)16-17-22(25)27-20-15-12-9-7-6-8-10-13-18-23/h2-20H2,1H3. The molecule has 0 fully saturated rings. The van der Waals surface area contributed by atoms with E-state index in [-0.39, 0.29) is 24.8 Å². The van der Waals surface area contributed by atoms with Crippen LogP contribution in [0.25, 0.3) is 0 Å². The Kier molecular flexibility index (Phi) is 20.9. The number of ether oxygens (including phenoxy) is 2. The van der Waals surface area contributed by atoms with Gasteiger partial charge < -0.3 is 9.47 Å². The Bertz CT molecular complexity index is 347. The number of rotatable bonds is 20. The highest BCUT2D eigenvalue weighted by Crippen LogP contribution is 2.09. The summed E-state index contributed by atoms with van der Waals surface area (Å²) in [6.45, 7) is 3.11. The van der Waals surface area contributed by atoms with Gasteiger partial charge in [0.1, 0.15) is 0 Å². The Morgan fingerprint density at radius 1 is 0.593 bits per heavy atom. The first-order valence-corrected chi connectivity index (χ1v) is 11.6. The minimum atomic E-state index is -0.299. The molecule has 0 radical (unpaired) electrons. The summed E-state index contributed by atoms with van der Waals surface area (Å²) in [5, 5.41) is 0. The molecule has 0 saturated heterocycles. The quantitative estimate of drug-likeness (QED) is 0.131. The second kappa shape index (κ2) is 21.5. The van der Waals surface area contributed by atoms with Crippen LogP contribution >= 0.6 is 11.6 Å². The summed E-state index contributed by atoms with van der Waals surface area (Å²) in [7, 11) is 0. The van der Waals surface area contributed by atoms with Crippen molar-refractivity contribution in [2.45, 2.75) is 110 Å². The van der Waals surface area contributed by atoms with Gasteiger partial charge in [-0.15, -0.1) is 11.6 Å². The van der Waals surface area contributed by atoms with Crippen molar-refractivity contribution in [3.8, 4) is 0 Å². The maximum atomic E-state index is 11.6. The molecule has 27 heavy (non-hydrogen) atoms. The number of hydrogen-bond donors (Lipinski definition) is 0. The third-order valence-corrected chi connectivity index (χ3v) is 4.85. The molecule has 0 aromatic heterocycles. The first-order chi connectivity index (χ1) is 13.2. The van der Waals surface area contributed by atoms with Crippen LogP contribution in [0.2, 0.25) is 0 Å². The van der Waals surface area contributed by atoms with E-state index in [0.29, 0.717) is 13.2 Å². The van der Waals surface area contributed by atoms with Crippen LogP contribution in [-0.2, 0) is 19.1 Å². The fourth-order valence-corrected chi connectivity index (χ4v) is 3.05. The summed E-state index contributed by atoms with van der Waals surface area (Å²) >= 11 is 5.64. The summed E-state index contributed by atoms with van der Waals surface area (Å²) in [4.78, 5) is 23.2. The van der Waals surface area contributed by atoms with E-state index < -0.39 is 0 Å². The molecular formula is C22H41ClO4. The predicted molar refractivity (Wildman–Crippen MR) is 112 cm³/mol. The second-order valence-corrected chi connectivity index (χ2v) is 7.60. The molecule has 0 amide bonds. The number of carbonyl (C=O) groups excluding carboxylic acids is 2. The molecule has 0 saturated carbocycles. The average Bonchev–Trinajstić information content (AvgIpc) is 2.67. The van der Waals surface area contributed by atoms with Crippen molar-refractivity contribution >= 4 is 23.5 Å². The predicted octanol–water partition coefficient (Wildman–Crippen LogP) is 6.57. The number of carbonyl (C=O) groups is 2. The highest BCUT2D eigenvalue weighted by atomic mass is 35.5. The zero-order valence-corrected chi connectivity index (χ0v) is 18.2. The monoisotopic (exact) mass is 404 g/mol. The van der Waals surface area contributed by atoms with Crippen molar-refractivity contribution in [3.63, 3.8) is 0 Å². The molecule has 0 unspecified atom stereocenters. The first kappa shape index (κ1) is 26.2. The largest absolute Gasteiger partial charge is 0.466 e. The molecule has 0 aromatic rings. The fourth-order valence-electron chi connectivity index (χ4n) is 2.86. The molecule has 0 atom stereocenters. The number of halogens is 1. The fraction of sp³-hybridized carbons (Fsp3) is 0.909. The average molecular weight is 405 g/mol. The van der Waals surface area contributed by atoms with Gasteiger partial charge in [0.25, 0.3) is 0 Å². The van der Waals surface area contributed by atoms with Crippen molar-refractivity contribution in [2.75, 3.05) is 19.1 Å². The van der Waals surface area contributed by atoms with Gasteiger partial charge in [0.2, 0.25) is 0 Å². The molecule has 0 heterocycles. The maximum Gasteiger partial charge on any atom is 0.306 e. The van der Waals surface area contributed by atoms with Gasteiger partial charge in [0.05, 0.1) is 26.1 Å². The molecule has 0 bridgehead atoms. The third-order valence-electron chi connectivity index (χ3n) is 4.59. The number of alkyl halides is 1. The van der Waals surface area contributed by atoms with E-state index in [2.05, 4.69) is 6.92 Å². The summed E-state index contributed by atoms with van der Waals surface area (Å²) in [5.74, 6) is 0.171. The van der Waals surface area contributed by atoms with Gasteiger partial charge in [0.15, 0.2) is 0 Å². The normalized spacial score (nSPS) is 10.7. The van der Waals surface area contributed by atoms with Crippen LogP contribution in [0.5, 0.6) is 0 Å². The number of hydrogen-bond acceptors (Lipinski definition) is 4. The Labute approximate surface area is 171 Å². The van der Waals surface area contributed by atoms with Gasteiger partial charge in [0, 0.05) is 5.88 Å². The van der Waals surface area contributed by atoms with E-state index in [1.54, 1.807) is 0 Å². The molecule has 0 aromatic carbocycles. The van der Waals surface area contributed by atoms with Crippen LogP contribution in [0, 0.1) is 0 Å². The van der Waals surface area contributed by atoms with Crippen molar-refractivity contribution in [1.29, 1.82) is 0 Å². The summed E-state index contributed by atoms with van der Waals surface area (Å²) in [6.07, 6.45) is 16.5. The SMILES string of the molecule is CCCCCCCCOC(=O)CCC(=O)OCCCCCCCCCCCl. The number of unbranched alkanes of at least 4 members (excludes halogenated alkanes) is 12. The third kappa shape index (κ3) is 21.4. The highest BCUT2D eigenvalue weighted by Gasteiger charge is 2.09. The minimum absolute atomic E-state index is 0.121. The van der Waals surface area contributed by atoms with Crippen LogP contribution in [0.3, 0.4) is 0 Å². The van der Waals surface area contributed by atoms with Crippen LogP contribution in [-0.4, -0.2) is 31.0 Å². The maximum absolute atomic E-state index is 11.6. The topological polar surface area (TPSA) is 52.6 Å². The molecule has 5 heteroatoms. The first-order valence-electron chi connectivity index (χ1n) is 11.1. The van der Waals surface area contributed by atoms with E-state index in [1.807, 2.05) is 0 Å². The van der Waals surface area contributed by atoms with Gasteiger partial charge >= 0.3 is 11.9 Å². The molecule has 0 aliphatic rings. The molecule has 160 valence electrons. The molecule has 0 spiro atoms. The minimum Gasteiger partial charge on any atom is -0.466 e. The zero-order valence-electron chi connectivity index (χ0n) is 17.4. The molecule has 0 rings (SSSR count). The molecule has 4 nitrogen and oxygen atoms in total. The molecule has 0 aliphatic carbocycles. The second-order valence-electron chi connectivity index (χ2n) is 7.23. The van der Waals surface area contributed by atoms with E-state index in [9.17, 15) is 9.59 Å². The lowest BCUT2D eigenvalue weighted by Gasteiger charge is -2.06. The van der Waals surface area contributed by atoms with E-state index in [1.165, 1.54) is 57.8 Å². The van der Waals surface area contributed by atoms with E-state index in [0.717, 1.165) is 38.0 Å². The summed E-state index contributed by atoms with van der Waals surface area (Å²) in [6, 6.07) is 0. The Morgan fingerprint density at radius 3 is 1.37 bits per heavy atom. The van der Waals surface area contributed by atoms with Crippen LogP contribution in [0.15, 0.2) is 0 Å². The zero-order chi connectivity index (χ0) is 20.0. The van der Waals surface area contributed by atoms with Crippen LogP contribution in [0.4, 0.5) is 0 Å². The van der Waals surface area contributed by atoms with Crippen molar-refractivity contribution in [3.05, 3.63) is 0 Å². The van der Waals surface area contributed by atoms with E-state index in [4.69, 9.17) is 21.1 Å². The Morgan fingerprint density at radius 2 is 0.963 bits per heavy atom. The Balaban J connectivity index is 3.31. The number of esters is 2. The van der Waals surface area contributed by atoms with Gasteiger partial charge in [-0.3, -0.25) is 9.59 Å². The summed E-state index contributed by atoms with van der Waals surface area (Å²) in [5.41, 5.74) is 0. The lowest BCUT2D eigenvalue weighted by atomic mass is 10.1. The summed E-state index contributed by atoms with van der Waals surface area (Å²) < 4.78 is 10.3. The van der Waals surface area contributed by atoms with Crippen molar-refractivity contribution in [2.24, 2.45) is 0 Å². The van der Waals surface area contributed by atoms with Gasteiger partial charge in [-0.25, -0.2) is 0 Å². The Hall–Kier alpha value is -0.770. The van der Waals surface area contributed by atoms with Crippen LogP contribution < -0.4 is 0 Å². The lowest BCUT2D eigenvalue weighted by Crippen LogP contribution is -2.11. The van der Waals surface area contributed by atoms with Crippen LogP contribution in [0.1, 0.15) is 110 Å². The molecule has 0 N–H and O–H groups in total. The van der Waals surface area contributed by atoms with E-state index >= 15 is 0 Å². The van der Waals surface area contributed by atoms with Crippen molar-refractivity contribution in [1.82, 2.24) is 0 Å². The van der Waals surface area contributed by atoms with Gasteiger partial charge in [-0.05, 0) is 19.3 Å². The molecular weight excluding hydrogens is 364 g/mol. The van der Waals surface area contributed by atoms with Crippen molar-refractivity contribution < 1.29 is 19.1 Å². The molecule has 0 aliphatic heterocycles. The smallest absolute Gasteiger partial charge is 0.306 e.